The number of hydrazine groups is 1. The van der Waals surface area contributed by atoms with Gasteiger partial charge in [0.15, 0.2) is 0 Å². The summed E-state index contributed by atoms with van der Waals surface area (Å²) in [4.78, 5) is 13.6. The van der Waals surface area contributed by atoms with Gasteiger partial charge in [0.25, 0.3) is 5.91 Å². The number of amides is 1. The van der Waals surface area contributed by atoms with Gasteiger partial charge in [-0.3, -0.25) is 15.1 Å². The molecule has 1 amide bonds. The summed E-state index contributed by atoms with van der Waals surface area (Å²) in [6.45, 7) is 0.516. The number of halogens is 1. The number of hydrogen-bond acceptors (Lipinski definition) is 3. The Bertz CT molecular complexity index is 458. The predicted octanol–water partition coefficient (Wildman–Crippen LogP) is 1.80. The van der Waals surface area contributed by atoms with Crippen molar-refractivity contribution in [2.45, 2.75) is 38.3 Å². The van der Waals surface area contributed by atoms with E-state index in [4.69, 9.17) is 5.84 Å². The zero-order valence-corrected chi connectivity index (χ0v) is 11.2. The molecule has 3 N–H and O–H groups in total. The first-order valence-electron chi connectivity index (χ1n) is 6.61. The van der Waals surface area contributed by atoms with E-state index in [1.165, 1.54) is 37.8 Å². The van der Waals surface area contributed by atoms with Gasteiger partial charge in [0, 0.05) is 23.7 Å². The molecule has 0 aromatic heterocycles. The Morgan fingerprint density at radius 3 is 2.79 bits per heavy atom. The Kier molecular flexibility index (Phi) is 4.50. The summed E-state index contributed by atoms with van der Waals surface area (Å²) < 4.78 is 13.8. The van der Waals surface area contributed by atoms with Crippen molar-refractivity contribution in [2.24, 2.45) is 5.84 Å². The summed E-state index contributed by atoms with van der Waals surface area (Å²) >= 11 is 0. The van der Waals surface area contributed by atoms with Crippen molar-refractivity contribution in [2.75, 3.05) is 7.05 Å². The lowest BCUT2D eigenvalue weighted by atomic mass is 10.1. The van der Waals surface area contributed by atoms with Gasteiger partial charge < -0.3 is 0 Å². The van der Waals surface area contributed by atoms with Crippen LogP contribution in [0.15, 0.2) is 18.2 Å². The predicted molar refractivity (Wildman–Crippen MR) is 71.8 cm³/mol. The molecule has 4 nitrogen and oxygen atoms in total. The highest BCUT2D eigenvalue weighted by Gasteiger charge is 2.20. The molecule has 1 aliphatic rings. The van der Waals surface area contributed by atoms with Crippen LogP contribution in [0.1, 0.15) is 41.6 Å². The molecule has 0 aliphatic heterocycles. The summed E-state index contributed by atoms with van der Waals surface area (Å²) in [6, 6.07) is 4.86. The van der Waals surface area contributed by atoms with Gasteiger partial charge in [0.2, 0.25) is 0 Å². The van der Waals surface area contributed by atoms with Gasteiger partial charge in [-0.1, -0.05) is 12.8 Å². The number of rotatable bonds is 4. The number of hydrogen-bond donors (Lipinski definition) is 2. The van der Waals surface area contributed by atoms with Crippen molar-refractivity contribution in [3.63, 3.8) is 0 Å². The monoisotopic (exact) mass is 265 g/mol. The average Bonchev–Trinajstić information content (AvgIpc) is 2.94. The van der Waals surface area contributed by atoms with Crippen LogP contribution in [0.5, 0.6) is 0 Å². The van der Waals surface area contributed by atoms with Crippen LogP contribution in [-0.4, -0.2) is 23.9 Å². The second-order valence-corrected chi connectivity index (χ2v) is 5.13. The van der Waals surface area contributed by atoms with E-state index >= 15 is 0 Å². The second-order valence-electron chi connectivity index (χ2n) is 5.13. The molecule has 0 atom stereocenters. The van der Waals surface area contributed by atoms with Crippen molar-refractivity contribution in [3.05, 3.63) is 35.1 Å². The molecule has 0 bridgehead atoms. The normalized spacial score (nSPS) is 16.0. The van der Waals surface area contributed by atoms with E-state index in [2.05, 4.69) is 10.3 Å². The lowest BCUT2D eigenvalue weighted by molar-refractivity contribution is 0.0953. The van der Waals surface area contributed by atoms with Gasteiger partial charge in [-0.2, -0.15) is 0 Å². The Morgan fingerprint density at radius 2 is 2.16 bits per heavy atom. The highest BCUT2D eigenvalue weighted by Crippen LogP contribution is 2.24. The molecule has 104 valence electrons. The zero-order chi connectivity index (χ0) is 13.8. The van der Waals surface area contributed by atoms with E-state index in [9.17, 15) is 9.18 Å². The summed E-state index contributed by atoms with van der Waals surface area (Å²) in [5.41, 5.74) is 2.99. The third kappa shape index (κ3) is 3.30. The fourth-order valence-corrected chi connectivity index (χ4v) is 2.66. The first-order valence-corrected chi connectivity index (χ1v) is 6.61. The first kappa shape index (κ1) is 14.0. The molecule has 19 heavy (non-hydrogen) atoms. The van der Waals surface area contributed by atoms with E-state index in [0.29, 0.717) is 23.7 Å². The molecular weight excluding hydrogens is 245 g/mol. The minimum atomic E-state index is -0.398. The molecular formula is C14H20FN3O. The van der Waals surface area contributed by atoms with E-state index in [1.807, 2.05) is 7.05 Å². The maximum Gasteiger partial charge on any atom is 0.265 e. The van der Waals surface area contributed by atoms with Gasteiger partial charge in [0.05, 0.1) is 0 Å². The van der Waals surface area contributed by atoms with Crippen LogP contribution in [0.25, 0.3) is 0 Å². The number of nitrogens with one attached hydrogen (secondary N) is 1. The van der Waals surface area contributed by atoms with Crippen LogP contribution in [0, 0.1) is 5.82 Å². The van der Waals surface area contributed by atoms with Crippen LogP contribution in [0.4, 0.5) is 4.39 Å². The highest BCUT2D eigenvalue weighted by molar-refractivity contribution is 5.93. The fourth-order valence-electron chi connectivity index (χ4n) is 2.66. The lowest BCUT2D eigenvalue weighted by Gasteiger charge is -2.24. The van der Waals surface area contributed by atoms with Gasteiger partial charge in [-0.25, -0.2) is 10.2 Å². The van der Waals surface area contributed by atoms with Gasteiger partial charge in [-0.15, -0.1) is 0 Å². The summed E-state index contributed by atoms with van der Waals surface area (Å²) in [5.74, 6) is 4.41. The van der Waals surface area contributed by atoms with Gasteiger partial charge >= 0.3 is 0 Å². The number of benzene rings is 1. The Hall–Kier alpha value is -1.46. The van der Waals surface area contributed by atoms with E-state index in [1.54, 1.807) is 6.07 Å². The lowest BCUT2D eigenvalue weighted by Crippen LogP contribution is -2.31. The molecule has 1 saturated carbocycles. The SMILES string of the molecule is CN(Cc1cc(C(=O)NN)ccc1F)C1CCCC1. The minimum absolute atomic E-state index is 0.279. The van der Waals surface area contributed by atoms with Crippen LogP contribution < -0.4 is 11.3 Å². The topological polar surface area (TPSA) is 58.4 Å². The van der Waals surface area contributed by atoms with Crippen LogP contribution >= 0.6 is 0 Å². The molecule has 1 aromatic rings. The molecule has 0 spiro atoms. The average molecular weight is 265 g/mol. The molecule has 0 saturated heterocycles. The maximum absolute atomic E-state index is 13.8. The summed E-state index contributed by atoms with van der Waals surface area (Å²) in [5, 5.41) is 0. The fraction of sp³-hybridized carbons (Fsp3) is 0.500. The maximum atomic E-state index is 13.8. The quantitative estimate of drug-likeness (QED) is 0.496. The molecule has 1 aromatic carbocycles. The summed E-state index contributed by atoms with van der Waals surface area (Å²) in [6.07, 6.45) is 4.82. The van der Waals surface area contributed by atoms with Crippen LogP contribution in [-0.2, 0) is 6.54 Å². The molecule has 5 heteroatoms. The third-order valence-electron chi connectivity index (χ3n) is 3.81. The van der Waals surface area contributed by atoms with Crippen molar-refractivity contribution in [3.8, 4) is 0 Å². The first-order chi connectivity index (χ1) is 9.11. The molecule has 1 fully saturated rings. The van der Waals surface area contributed by atoms with Crippen molar-refractivity contribution < 1.29 is 9.18 Å². The second kappa shape index (κ2) is 6.12. The number of carbonyl (C=O) groups is 1. The van der Waals surface area contributed by atoms with Crippen molar-refractivity contribution in [1.29, 1.82) is 0 Å². The number of nitrogens with zero attached hydrogens (tertiary/aromatic N) is 1. The number of carbonyl (C=O) groups excluding carboxylic acids is 1. The largest absolute Gasteiger partial charge is 0.299 e. The Labute approximate surface area is 112 Å². The Morgan fingerprint density at radius 1 is 1.47 bits per heavy atom. The molecule has 0 heterocycles. The molecule has 0 unspecified atom stereocenters. The smallest absolute Gasteiger partial charge is 0.265 e. The standard InChI is InChI=1S/C14H20FN3O/c1-18(12-4-2-3-5-12)9-11-8-10(14(19)17-16)6-7-13(11)15/h6-8,12H,2-5,9,16H2,1H3,(H,17,19). The van der Waals surface area contributed by atoms with E-state index < -0.39 is 5.91 Å². The summed E-state index contributed by atoms with van der Waals surface area (Å²) in [7, 11) is 2.01. The third-order valence-corrected chi connectivity index (χ3v) is 3.81. The van der Waals surface area contributed by atoms with Gasteiger partial charge in [0.1, 0.15) is 5.82 Å². The molecule has 0 radical (unpaired) electrons. The van der Waals surface area contributed by atoms with Crippen molar-refractivity contribution in [1.82, 2.24) is 10.3 Å². The molecule has 2 rings (SSSR count). The van der Waals surface area contributed by atoms with Crippen LogP contribution in [0.2, 0.25) is 0 Å². The van der Waals surface area contributed by atoms with E-state index in [-0.39, 0.29) is 5.82 Å². The highest BCUT2D eigenvalue weighted by atomic mass is 19.1. The van der Waals surface area contributed by atoms with E-state index in [0.717, 1.165) is 0 Å². The van der Waals surface area contributed by atoms with Crippen molar-refractivity contribution >= 4 is 5.91 Å². The van der Waals surface area contributed by atoms with Crippen LogP contribution in [0.3, 0.4) is 0 Å². The zero-order valence-electron chi connectivity index (χ0n) is 11.2. The Balaban J connectivity index is 2.12. The number of nitrogens with two attached hydrogens (primary N) is 1. The number of nitrogen functional groups attached to an aromatic ring is 1. The van der Waals surface area contributed by atoms with Gasteiger partial charge in [-0.05, 0) is 38.1 Å². The minimum Gasteiger partial charge on any atom is -0.299 e. The molecule has 1 aliphatic carbocycles.